The maximum absolute atomic E-state index is 5.69. The standard InChI is InChI=1S/C40H81IO10/c1-2-3-4-5-6-7-8-9-10-11-12-13-15-18-21-42-23-25-44-27-29-46-31-33-48-35-37-50-39-40-51-38-36-49-34-32-47-30-28-45-26-24-43-22-19-16-14-17-20-41/h2-40H2,1H3. The highest BCUT2D eigenvalue weighted by atomic mass is 127. The van der Waals surface area contributed by atoms with Gasteiger partial charge in [0.25, 0.3) is 0 Å². The molecule has 51 heavy (non-hydrogen) atoms. The van der Waals surface area contributed by atoms with Crippen LogP contribution in [0.1, 0.15) is 122 Å². The van der Waals surface area contributed by atoms with Crippen LogP contribution in [0.2, 0.25) is 0 Å². The predicted molar refractivity (Wildman–Crippen MR) is 216 cm³/mol. The molecule has 0 aliphatic rings. The van der Waals surface area contributed by atoms with Crippen molar-refractivity contribution in [2.24, 2.45) is 0 Å². The van der Waals surface area contributed by atoms with E-state index in [0.29, 0.717) is 119 Å². The fraction of sp³-hybridized carbons (Fsp3) is 1.00. The van der Waals surface area contributed by atoms with Gasteiger partial charge < -0.3 is 47.4 Å². The van der Waals surface area contributed by atoms with Crippen molar-refractivity contribution in [2.75, 3.05) is 137 Å². The Bertz CT molecular complexity index is 545. The maximum atomic E-state index is 5.69. The van der Waals surface area contributed by atoms with Crippen LogP contribution in [0.3, 0.4) is 0 Å². The van der Waals surface area contributed by atoms with Crippen LogP contribution in [0.25, 0.3) is 0 Å². The predicted octanol–water partition coefficient (Wildman–Crippen LogP) is 8.63. The van der Waals surface area contributed by atoms with Crippen LogP contribution in [0.4, 0.5) is 0 Å². The van der Waals surface area contributed by atoms with Gasteiger partial charge in [-0.15, -0.1) is 0 Å². The quantitative estimate of drug-likeness (QED) is 0.0337. The Labute approximate surface area is 327 Å². The second kappa shape index (κ2) is 50.3. The van der Waals surface area contributed by atoms with Crippen LogP contribution >= 0.6 is 22.6 Å². The average Bonchev–Trinajstić information content (AvgIpc) is 3.14. The monoisotopic (exact) mass is 848 g/mol. The number of rotatable bonds is 48. The van der Waals surface area contributed by atoms with Gasteiger partial charge >= 0.3 is 0 Å². The Balaban J connectivity index is 3.04. The van der Waals surface area contributed by atoms with Crippen LogP contribution in [-0.2, 0) is 47.4 Å². The van der Waals surface area contributed by atoms with Crippen LogP contribution in [-0.4, -0.2) is 137 Å². The molecule has 0 saturated heterocycles. The highest BCUT2D eigenvalue weighted by Crippen LogP contribution is 2.13. The molecule has 0 aromatic heterocycles. The number of alkyl halides is 1. The lowest BCUT2D eigenvalue weighted by Crippen LogP contribution is -2.15. The molecule has 0 N–H and O–H groups in total. The number of halogens is 1. The van der Waals surface area contributed by atoms with Crippen LogP contribution in [0.15, 0.2) is 0 Å². The van der Waals surface area contributed by atoms with Gasteiger partial charge in [-0.3, -0.25) is 0 Å². The SMILES string of the molecule is CCCCCCCCCCCCCCCCOCCOCCOCCOCCOCCOCCOCCOCCOCCOCCCCCCI. The minimum Gasteiger partial charge on any atom is -0.379 e. The molecule has 0 bridgehead atoms. The summed E-state index contributed by atoms with van der Waals surface area (Å²) < 4.78 is 56.7. The molecule has 0 spiro atoms. The first-order valence-electron chi connectivity index (χ1n) is 20.7. The highest BCUT2D eigenvalue weighted by Gasteiger charge is 1.98. The van der Waals surface area contributed by atoms with Gasteiger partial charge in [-0.2, -0.15) is 0 Å². The van der Waals surface area contributed by atoms with Crippen molar-refractivity contribution in [1.82, 2.24) is 0 Å². The molecule has 0 rings (SSSR count). The molecule has 0 unspecified atom stereocenters. The van der Waals surface area contributed by atoms with Gasteiger partial charge in [-0.05, 0) is 23.7 Å². The van der Waals surface area contributed by atoms with Crippen molar-refractivity contribution in [1.29, 1.82) is 0 Å². The third kappa shape index (κ3) is 50.3. The third-order valence-corrected chi connectivity index (χ3v) is 8.93. The normalized spacial score (nSPS) is 11.6. The largest absolute Gasteiger partial charge is 0.379 e. The number of unbranched alkanes of at least 4 members (excludes halogenated alkanes) is 16. The van der Waals surface area contributed by atoms with E-state index in [0.717, 1.165) is 26.1 Å². The summed E-state index contributed by atoms with van der Waals surface area (Å²) in [6.07, 6.45) is 24.3. The van der Waals surface area contributed by atoms with E-state index in [1.54, 1.807) is 0 Å². The molecule has 0 aliphatic carbocycles. The lowest BCUT2D eigenvalue weighted by atomic mass is 10.0. The summed E-state index contributed by atoms with van der Waals surface area (Å²) >= 11 is 2.43. The van der Waals surface area contributed by atoms with Gasteiger partial charge in [0, 0.05) is 13.2 Å². The molecule has 0 saturated carbocycles. The average molecular weight is 849 g/mol. The van der Waals surface area contributed by atoms with Crippen molar-refractivity contribution in [3.8, 4) is 0 Å². The zero-order valence-corrected chi connectivity index (χ0v) is 35.2. The summed E-state index contributed by atoms with van der Waals surface area (Å²) in [7, 11) is 0. The summed E-state index contributed by atoms with van der Waals surface area (Å²) in [5.74, 6) is 0. The summed E-state index contributed by atoms with van der Waals surface area (Å²) in [5, 5.41) is 0. The Morgan fingerprint density at radius 1 is 0.216 bits per heavy atom. The second-order valence-corrected chi connectivity index (χ2v) is 13.9. The zero-order chi connectivity index (χ0) is 36.6. The number of hydrogen-bond acceptors (Lipinski definition) is 10. The van der Waals surface area contributed by atoms with E-state index in [-0.39, 0.29) is 0 Å². The third-order valence-electron chi connectivity index (χ3n) is 8.16. The van der Waals surface area contributed by atoms with Gasteiger partial charge in [0.05, 0.1) is 119 Å². The van der Waals surface area contributed by atoms with Gasteiger partial charge in [0.15, 0.2) is 0 Å². The molecule has 0 atom stereocenters. The molecule has 10 nitrogen and oxygen atoms in total. The van der Waals surface area contributed by atoms with Crippen LogP contribution in [0, 0.1) is 0 Å². The van der Waals surface area contributed by atoms with Crippen LogP contribution < -0.4 is 0 Å². The molecular formula is C40H81IO10. The first-order chi connectivity index (χ1) is 25.4. The van der Waals surface area contributed by atoms with E-state index in [1.807, 2.05) is 0 Å². The molecular weight excluding hydrogens is 767 g/mol. The zero-order valence-electron chi connectivity index (χ0n) is 33.0. The molecule has 11 heteroatoms. The van der Waals surface area contributed by atoms with Crippen molar-refractivity contribution in [2.45, 2.75) is 122 Å². The molecule has 0 aromatic rings. The number of ether oxygens (including phenoxy) is 10. The van der Waals surface area contributed by atoms with E-state index < -0.39 is 0 Å². The van der Waals surface area contributed by atoms with E-state index in [2.05, 4.69) is 29.5 Å². The van der Waals surface area contributed by atoms with Crippen molar-refractivity contribution >= 4 is 22.6 Å². The lowest BCUT2D eigenvalue weighted by molar-refractivity contribution is -0.0264. The first kappa shape index (κ1) is 51.3. The Kier molecular flexibility index (Phi) is 50.7. The summed E-state index contributed by atoms with van der Waals surface area (Å²) in [6, 6.07) is 0. The molecule has 0 fully saturated rings. The molecule has 0 aliphatic heterocycles. The van der Waals surface area contributed by atoms with Gasteiger partial charge in [-0.1, -0.05) is 126 Å². The Morgan fingerprint density at radius 2 is 0.392 bits per heavy atom. The van der Waals surface area contributed by atoms with E-state index in [1.165, 1.54) is 107 Å². The fourth-order valence-electron chi connectivity index (χ4n) is 5.13. The molecule has 0 radical (unpaired) electrons. The summed E-state index contributed by atoms with van der Waals surface area (Å²) in [5.41, 5.74) is 0. The second-order valence-electron chi connectivity index (χ2n) is 12.8. The van der Waals surface area contributed by atoms with E-state index in [9.17, 15) is 0 Å². The molecule has 0 heterocycles. The smallest absolute Gasteiger partial charge is 0.0701 e. The topological polar surface area (TPSA) is 92.3 Å². The Morgan fingerprint density at radius 3 is 0.608 bits per heavy atom. The van der Waals surface area contributed by atoms with Gasteiger partial charge in [0.2, 0.25) is 0 Å². The Hall–Kier alpha value is 0.330. The highest BCUT2D eigenvalue weighted by molar-refractivity contribution is 14.1. The van der Waals surface area contributed by atoms with Crippen molar-refractivity contribution < 1.29 is 47.4 Å². The molecule has 308 valence electrons. The minimum absolute atomic E-state index is 0.535. The maximum Gasteiger partial charge on any atom is 0.0701 e. The lowest BCUT2D eigenvalue weighted by Gasteiger charge is -2.09. The molecule has 0 aromatic carbocycles. The van der Waals surface area contributed by atoms with Crippen molar-refractivity contribution in [3.63, 3.8) is 0 Å². The van der Waals surface area contributed by atoms with Crippen molar-refractivity contribution in [3.05, 3.63) is 0 Å². The minimum atomic E-state index is 0.535. The van der Waals surface area contributed by atoms with E-state index in [4.69, 9.17) is 47.4 Å². The van der Waals surface area contributed by atoms with Crippen LogP contribution in [0.5, 0.6) is 0 Å². The fourth-order valence-corrected chi connectivity index (χ4v) is 5.67. The van der Waals surface area contributed by atoms with E-state index >= 15 is 0 Å². The van der Waals surface area contributed by atoms with Gasteiger partial charge in [0.1, 0.15) is 0 Å². The molecule has 0 amide bonds. The van der Waals surface area contributed by atoms with Gasteiger partial charge in [-0.25, -0.2) is 0 Å². The summed E-state index contributed by atoms with van der Waals surface area (Å²) in [4.78, 5) is 0. The number of hydrogen-bond donors (Lipinski definition) is 0. The summed E-state index contributed by atoms with van der Waals surface area (Å²) in [6.45, 7) is 14.2. The first-order valence-corrected chi connectivity index (χ1v) is 22.3.